The van der Waals surface area contributed by atoms with E-state index in [1.807, 2.05) is 5.38 Å². The summed E-state index contributed by atoms with van der Waals surface area (Å²) in [6, 6.07) is 8.62. The van der Waals surface area contributed by atoms with E-state index in [2.05, 4.69) is 29.2 Å². The van der Waals surface area contributed by atoms with Gasteiger partial charge in [0.15, 0.2) is 0 Å². The molecule has 4 heteroatoms. The maximum absolute atomic E-state index is 11.3. The fraction of sp³-hybridized carbons (Fsp3) is 0.375. The lowest BCUT2D eigenvalue weighted by molar-refractivity contribution is -0.139. The monoisotopic (exact) mass is 287 g/mol. The third-order valence-corrected chi connectivity index (χ3v) is 4.80. The smallest absolute Gasteiger partial charge is 0.311 e. The molecule has 0 saturated carbocycles. The number of hydrogen-bond acceptors (Lipinski definition) is 4. The summed E-state index contributed by atoms with van der Waals surface area (Å²) >= 11 is 1.65. The molecule has 1 unspecified atom stereocenters. The number of benzene rings is 1. The zero-order valence-electron chi connectivity index (χ0n) is 11.5. The second-order valence-corrected chi connectivity index (χ2v) is 5.96. The van der Waals surface area contributed by atoms with Gasteiger partial charge in [0.2, 0.25) is 0 Å². The molecule has 104 valence electrons. The SMILES string of the molecule is COC(=O)Cc1csc(C2CCCc3ccccc32)n1. The molecule has 1 aliphatic carbocycles. The van der Waals surface area contributed by atoms with Crippen molar-refractivity contribution in [3.05, 3.63) is 51.5 Å². The molecule has 0 bridgehead atoms. The maximum Gasteiger partial charge on any atom is 0.311 e. The molecule has 0 amide bonds. The fourth-order valence-corrected chi connectivity index (χ4v) is 3.77. The van der Waals surface area contributed by atoms with Gasteiger partial charge in [-0.25, -0.2) is 4.98 Å². The van der Waals surface area contributed by atoms with Gasteiger partial charge in [-0.15, -0.1) is 11.3 Å². The van der Waals surface area contributed by atoms with E-state index >= 15 is 0 Å². The van der Waals surface area contributed by atoms with Crippen LogP contribution in [0.4, 0.5) is 0 Å². The molecule has 20 heavy (non-hydrogen) atoms. The van der Waals surface area contributed by atoms with Crippen LogP contribution in [0, 0.1) is 0 Å². The Hall–Kier alpha value is -1.68. The molecule has 3 nitrogen and oxygen atoms in total. The quantitative estimate of drug-likeness (QED) is 0.813. The molecule has 1 aromatic heterocycles. The lowest BCUT2D eigenvalue weighted by atomic mass is 9.83. The fourth-order valence-electron chi connectivity index (χ4n) is 2.79. The van der Waals surface area contributed by atoms with E-state index < -0.39 is 0 Å². The van der Waals surface area contributed by atoms with Crippen LogP contribution in [-0.2, 0) is 22.4 Å². The molecule has 1 aliphatic rings. The summed E-state index contributed by atoms with van der Waals surface area (Å²) in [5.74, 6) is 0.155. The van der Waals surface area contributed by atoms with Crippen molar-refractivity contribution in [2.75, 3.05) is 7.11 Å². The molecule has 3 rings (SSSR count). The van der Waals surface area contributed by atoms with Crippen molar-refractivity contribution >= 4 is 17.3 Å². The molecule has 0 N–H and O–H groups in total. The van der Waals surface area contributed by atoms with Crippen LogP contribution in [0.5, 0.6) is 0 Å². The van der Waals surface area contributed by atoms with Gasteiger partial charge >= 0.3 is 5.97 Å². The van der Waals surface area contributed by atoms with Gasteiger partial charge < -0.3 is 4.74 Å². The van der Waals surface area contributed by atoms with Gasteiger partial charge in [-0.05, 0) is 30.4 Å². The third-order valence-electron chi connectivity index (χ3n) is 3.79. The predicted octanol–water partition coefficient (Wildman–Crippen LogP) is 3.33. The second kappa shape index (κ2) is 5.75. The van der Waals surface area contributed by atoms with Crippen LogP contribution < -0.4 is 0 Å². The number of esters is 1. The molecular weight excluding hydrogens is 270 g/mol. The Labute approximate surface area is 122 Å². The molecule has 1 heterocycles. The van der Waals surface area contributed by atoms with E-state index in [-0.39, 0.29) is 12.4 Å². The molecule has 1 atom stereocenters. The first-order valence-corrected chi connectivity index (χ1v) is 7.75. The van der Waals surface area contributed by atoms with Crippen molar-refractivity contribution in [2.24, 2.45) is 0 Å². The summed E-state index contributed by atoms with van der Waals surface area (Å²) in [5.41, 5.74) is 3.66. The van der Waals surface area contributed by atoms with Crippen LogP contribution in [0.3, 0.4) is 0 Å². The van der Waals surface area contributed by atoms with Crippen LogP contribution in [0.2, 0.25) is 0 Å². The van der Waals surface area contributed by atoms with Crippen molar-refractivity contribution in [1.82, 2.24) is 4.98 Å². The number of hydrogen-bond donors (Lipinski definition) is 0. The molecule has 0 spiro atoms. The Morgan fingerprint density at radius 3 is 3.15 bits per heavy atom. The van der Waals surface area contributed by atoms with E-state index in [1.54, 1.807) is 11.3 Å². The van der Waals surface area contributed by atoms with Crippen LogP contribution in [0.25, 0.3) is 0 Å². The van der Waals surface area contributed by atoms with Crippen LogP contribution in [0.15, 0.2) is 29.6 Å². The number of ether oxygens (including phenoxy) is 1. The largest absolute Gasteiger partial charge is 0.469 e. The third kappa shape index (κ3) is 2.61. The minimum atomic E-state index is -0.231. The minimum Gasteiger partial charge on any atom is -0.469 e. The first-order valence-electron chi connectivity index (χ1n) is 6.87. The summed E-state index contributed by atoms with van der Waals surface area (Å²) in [6.07, 6.45) is 3.77. The normalized spacial score (nSPS) is 17.6. The Balaban J connectivity index is 1.85. The number of carbonyl (C=O) groups excluding carboxylic acids is 1. The highest BCUT2D eigenvalue weighted by Crippen LogP contribution is 2.37. The second-order valence-electron chi connectivity index (χ2n) is 5.07. The number of thiazole rings is 1. The number of aromatic nitrogens is 1. The lowest BCUT2D eigenvalue weighted by Gasteiger charge is -2.23. The van der Waals surface area contributed by atoms with Gasteiger partial charge in [0.25, 0.3) is 0 Å². The minimum absolute atomic E-state index is 0.231. The van der Waals surface area contributed by atoms with Crippen molar-refractivity contribution in [3.63, 3.8) is 0 Å². The van der Waals surface area contributed by atoms with Gasteiger partial charge in [-0.3, -0.25) is 4.79 Å². The van der Waals surface area contributed by atoms with Gasteiger partial charge in [-0.1, -0.05) is 24.3 Å². The number of rotatable bonds is 3. The van der Waals surface area contributed by atoms with E-state index in [9.17, 15) is 4.79 Å². The highest BCUT2D eigenvalue weighted by molar-refractivity contribution is 7.09. The van der Waals surface area contributed by atoms with Crippen LogP contribution in [-0.4, -0.2) is 18.1 Å². The Morgan fingerprint density at radius 2 is 2.30 bits per heavy atom. The number of aryl methyl sites for hydroxylation is 1. The average molecular weight is 287 g/mol. The van der Waals surface area contributed by atoms with E-state index in [4.69, 9.17) is 4.74 Å². The van der Waals surface area contributed by atoms with Gasteiger partial charge in [0.1, 0.15) is 5.01 Å². The van der Waals surface area contributed by atoms with Gasteiger partial charge in [0.05, 0.1) is 19.2 Å². The number of fused-ring (bicyclic) bond motifs is 1. The number of carbonyl (C=O) groups is 1. The molecule has 2 aromatic rings. The summed E-state index contributed by atoms with van der Waals surface area (Å²) in [5, 5.41) is 3.10. The van der Waals surface area contributed by atoms with Gasteiger partial charge in [0, 0.05) is 11.3 Å². The zero-order chi connectivity index (χ0) is 13.9. The Bertz CT molecular complexity index is 620. The molecule has 0 fully saturated rings. The summed E-state index contributed by atoms with van der Waals surface area (Å²) in [4.78, 5) is 15.9. The van der Waals surface area contributed by atoms with Crippen LogP contribution in [0.1, 0.15) is 40.6 Å². The maximum atomic E-state index is 11.3. The topological polar surface area (TPSA) is 39.2 Å². The highest BCUT2D eigenvalue weighted by atomic mass is 32.1. The van der Waals surface area contributed by atoms with Gasteiger partial charge in [-0.2, -0.15) is 0 Å². The Morgan fingerprint density at radius 1 is 1.45 bits per heavy atom. The number of methoxy groups -OCH3 is 1. The van der Waals surface area contributed by atoms with Crippen molar-refractivity contribution in [2.45, 2.75) is 31.6 Å². The summed E-state index contributed by atoms with van der Waals surface area (Å²) in [6.45, 7) is 0. The van der Waals surface area contributed by atoms with Crippen molar-refractivity contribution < 1.29 is 9.53 Å². The van der Waals surface area contributed by atoms with Crippen LogP contribution >= 0.6 is 11.3 Å². The summed E-state index contributed by atoms with van der Waals surface area (Å²) in [7, 11) is 1.41. The highest BCUT2D eigenvalue weighted by Gasteiger charge is 2.24. The molecular formula is C16H17NO2S. The first kappa shape index (κ1) is 13.3. The van der Waals surface area contributed by atoms with E-state index in [0.717, 1.165) is 23.5 Å². The van der Waals surface area contributed by atoms with Crippen molar-refractivity contribution in [3.8, 4) is 0 Å². The molecule has 0 radical (unpaired) electrons. The lowest BCUT2D eigenvalue weighted by Crippen LogP contribution is -2.11. The van der Waals surface area contributed by atoms with E-state index in [0.29, 0.717) is 5.92 Å². The van der Waals surface area contributed by atoms with E-state index in [1.165, 1.54) is 24.7 Å². The summed E-state index contributed by atoms with van der Waals surface area (Å²) < 4.78 is 4.69. The Kier molecular flexibility index (Phi) is 3.83. The zero-order valence-corrected chi connectivity index (χ0v) is 12.3. The first-order chi connectivity index (χ1) is 9.78. The number of nitrogens with zero attached hydrogens (tertiary/aromatic N) is 1. The molecule has 0 saturated heterocycles. The molecule has 0 aliphatic heterocycles. The molecule has 1 aromatic carbocycles. The average Bonchev–Trinajstić information content (AvgIpc) is 2.94. The van der Waals surface area contributed by atoms with Crippen molar-refractivity contribution in [1.29, 1.82) is 0 Å². The predicted molar refractivity (Wildman–Crippen MR) is 79.1 cm³/mol. The standard InChI is InChI=1S/C16H17NO2S/c1-19-15(18)9-12-10-20-16(17-12)14-8-4-6-11-5-2-3-7-13(11)14/h2-3,5,7,10,14H,4,6,8-9H2,1H3.